The summed E-state index contributed by atoms with van der Waals surface area (Å²) in [7, 11) is 0. The van der Waals surface area contributed by atoms with Crippen LogP contribution in [0, 0.1) is 11.8 Å². The summed E-state index contributed by atoms with van der Waals surface area (Å²) < 4.78 is 0. The van der Waals surface area contributed by atoms with Gasteiger partial charge in [0.25, 0.3) is 0 Å². The Bertz CT molecular complexity index is 64.4. The predicted molar refractivity (Wildman–Crippen MR) is 55.2 cm³/mol. The zero-order valence-corrected chi connectivity index (χ0v) is 10.0. The van der Waals surface area contributed by atoms with Gasteiger partial charge >= 0.3 is 82.7 Å². The second kappa shape index (κ2) is 8.16. The molecule has 0 nitrogen and oxygen atoms in total. The first-order chi connectivity index (χ1) is 4.13. The van der Waals surface area contributed by atoms with Crippen molar-refractivity contribution in [3.8, 4) is 0 Å². The summed E-state index contributed by atoms with van der Waals surface area (Å²) in [6.45, 7) is 9.25. The van der Waals surface area contributed by atoms with E-state index >= 15 is 0 Å². The van der Waals surface area contributed by atoms with Crippen molar-refractivity contribution in [3.63, 3.8) is 0 Å². The Morgan fingerprint density at radius 2 is 1.30 bits per heavy atom. The fourth-order valence-corrected chi connectivity index (χ4v) is 2.29. The van der Waals surface area contributed by atoms with Crippen molar-refractivity contribution >= 4 is 32.6 Å². The van der Waals surface area contributed by atoms with Crippen molar-refractivity contribution in [3.05, 3.63) is 0 Å². The van der Waals surface area contributed by atoms with E-state index in [0.717, 1.165) is 27.1 Å². The molecule has 60 valence electrons. The SMILES string of the molecule is CC(C)[CH2][Al+][CH2]C(C)C.[Al+3].[H-].[H-].[H-].[H-]. The first-order valence-corrected chi connectivity index (χ1v) is 5.58. The van der Waals surface area contributed by atoms with Gasteiger partial charge in [-0.3, -0.25) is 0 Å². The molecule has 0 atom stereocenters. The standard InChI is InChI=1S/2C4H9.2Al.4H/c2*1-4(2)3;;;;;;/h2*4H,1H2,2-3H3;;;;;;/q;;+1;+3;4*-1. The van der Waals surface area contributed by atoms with Crippen molar-refractivity contribution in [1.29, 1.82) is 0 Å². The Balaban J connectivity index is -0.0000000320. The van der Waals surface area contributed by atoms with Gasteiger partial charge in [-0.05, 0) is 0 Å². The third-order valence-electron chi connectivity index (χ3n) is 1.28. The second-order valence-electron chi connectivity index (χ2n) is 3.55. The minimum atomic E-state index is 0. The van der Waals surface area contributed by atoms with Gasteiger partial charge in [-0.25, -0.2) is 0 Å². The van der Waals surface area contributed by atoms with E-state index in [0.29, 0.717) is 0 Å². The molecule has 0 rings (SSSR count). The van der Waals surface area contributed by atoms with E-state index in [-0.39, 0.29) is 23.1 Å². The average molecular weight is 172 g/mol. The van der Waals surface area contributed by atoms with Crippen molar-refractivity contribution in [2.24, 2.45) is 11.8 Å². The Labute approximate surface area is 88.6 Å². The quantitative estimate of drug-likeness (QED) is 0.572. The normalized spacial score (nSPS) is 9.40. The maximum absolute atomic E-state index is 2.31. The van der Waals surface area contributed by atoms with Gasteiger partial charge in [-0.15, -0.1) is 0 Å². The third kappa shape index (κ3) is 11.8. The summed E-state index contributed by atoms with van der Waals surface area (Å²) in [5.74, 6) is 1.86. The first kappa shape index (κ1) is 13.6. The summed E-state index contributed by atoms with van der Waals surface area (Å²) in [4.78, 5) is 0. The molecule has 0 unspecified atom stereocenters. The van der Waals surface area contributed by atoms with E-state index < -0.39 is 0 Å². The minimum Gasteiger partial charge on any atom is -1.00 e. The molecular weight excluding hydrogens is 150 g/mol. The average Bonchev–Trinajstić information content (AvgIpc) is 1.63. The molecule has 0 bridgehead atoms. The molecule has 0 aromatic rings. The van der Waals surface area contributed by atoms with Crippen LogP contribution in [0.4, 0.5) is 0 Å². The molecule has 2 heteroatoms. The predicted octanol–water partition coefficient (Wildman–Crippen LogP) is 2.91. The summed E-state index contributed by atoms with van der Waals surface area (Å²) in [6.07, 6.45) is 0. The van der Waals surface area contributed by atoms with E-state index in [2.05, 4.69) is 27.7 Å². The third-order valence-corrected chi connectivity index (χ3v) is 3.83. The number of hydrogen-bond acceptors (Lipinski definition) is 0. The van der Waals surface area contributed by atoms with Gasteiger partial charge in [0.05, 0.1) is 0 Å². The molecule has 0 aliphatic rings. The molecule has 0 spiro atoms. The first-order valence-electron chi connectivity index (χ1n) is 3.94. The van der Waals surface area contributed by atoms with Crippen molar-refractivity contribution in [2.75, 3.05) is 0 Å². The largest absolute Gasteiger partial charge is 3.00 e. The summed E-state index contributed by atoms with van der Waals surface area (Å²) in [6, 6.07) is 0. The number of hydrogen-bond donors (Lipinski definition) is 0. The van der Waals surface area contributed by atoms with Crippen LogP contribution < -0.4 is 0 Å². The summed E-state index contributed by atoms with van der Waals surface area (Å²) in [5, 5.41) is 2.97. The van der Waals surface area contributed by atoms with E-state index in [4.69, 9.17) is 0 Å². The van der Waals surface area contributed by atoms with Crippen LogP contribution in [0.3, 0.4) is 0 Å². The maximum atomic E-state index is 2.31. The molecule has 0 aromatic heterocycles. The summed E-state index contributed by atoms with van der Waals surface area (Å²) in [5.41, 5.74) is 0. The monoisotopic (exact) mass is 172 g/mol. The molecule has 0 N–H and O–H groups in total. The van der Waals surface area contributed by atoms with E-state index in [1.54, 1.807) is 0 Å². The molecule has 0 saturated carbocycles. The zero-order chi connectivity index (χ0) is 7.28. The van der Waals surface area contributed by atoms with Crippen LogP contribution in [0.5, 0.6) is 0 Å². The Morgan fingerprint density at radius 1 is 1.00 bits per heavy atom. The Kier molecular flexibility index (Phi) is 11.1. The molecule has 10 heavy (non-hydrogen) atoms. The fourth-order valence-electron chi connectivity index (χ4n) is 0.763. The van der Waals surface area contributed by atoms with Gasteiger partial charge in [0, 0.05) is 0 Å². The second-order valence-corrected chi connectivity index (χ2v) is 5.07. The minimum absolute atomic E-state index is 0. The van der Waals surface area contributed by atoms with Gasteiger partial charge in [0.1, 0.15) is 0 Å². The molecule has 0 heterocycles. The molecule has 0 fully saturated rings. The van der Waals surface area contributed by atoms with Crippen molar-refractivity contribution in [1.82, 2.24) is 0 Å². The van der Waals surface area contributed by atoms with Crippen molar-refractivity contribution < 1.29 is 5.71 Å². The molecule has 0 amide bonds. The van der Waals surface area contributed by atoms with Crippen LogP contribution in [-0.2, 0) is 0 Å². The summed E-state index contributed by atoms with van der Waals surface area (Å²) >= 11 is 0.755. The zero-order valence-electron chi connectivity index (χ0n) is 11.7. The van der Waals surface area contributed by atoms with Crippen LogP contribution in [0.25, 0.3) is 0 Å². The maximum Gasteiger partial charge on any atom is 3.00 e. The van der Waals surface area contributed by atoms with Gasteiger partial charge in [-0.2, -0.15) is 0 Å². The van der Waals surface area contributed by atoms with Crippen LogP contribution in [0.15, 0.2) is 0 Å². The van der Waals surface area contributed by atoms with Gasteiger partial charge in [0.15, 0.2) is 0 Å². The van der Waals surface area contributed by atoms with Gasteiger partial charge in [-0.1, -0.05) is 0 Å². The molecule has 0 aliphatic heterocycles. The fraction of sp³-hybridized carbons (Fsp3) is 1.00. The molecule has 0 saturated heterocycles. The van der Waals surface area contributed by atoms with E-state index in [9.17, 15) is 0 Å². The molecule has 0 aromatic carbocycles. The van der Waals surface area contributed by atoms with E-state index in [1.165, 1.54) is 10.6 Å². The topological polar surface area (TPSA) is 0 Å². The van der Waals surface area contributed by atoms with Crippen LogP contribution in [-0.4, -0.2) is 32.6 Å². The Morgan fingerprint density at radius 3 is 1.50 bits per heavy atom. The number of rotatable bonds is 4. The van der Waals surface area contributed by atoms with E-state index in [1.807, 2.05) is 0 Å². The van der Waals surface area contributed by atoms with Crippen LogP contribution in [0.2, 0.25) is 10.6 Å². The smallest absolute Gasteiger partial charge is 1.00 e. The molecule has 0 aliphatic carbocycles. The molecular formula is C8H22Al2. The van der Waals surface area contributed by atoms with Gasteiger partial charge < -0.3 is 5.71 Å². The molecule has 0 radical (unpaired) electrons. The van der Waals surface area contributed by atoms with Crippen LogP contribution >= 0.6 is 0 Å². The Hall–Kier alpha value is 1.06. The van der Waals surface area contributed by atoms with Gasteiger partial charge in [0.2, 0.25) is 0 Å². The van der Waals surface area contributed by atoms with Crippen LogP contribution in [0.1, 0.15) is 33.4 Å². The van der Waals surface area contributed by atoms with Crippen molar-refractivity contribution in [2.45, 2.75) is 38.3 Å².